The second-order valence-electron chi connectivity index (χ2n) is 6.70. The lowest BCUT2D eigenvalue weighted by Crippen LogP contribution is -2.34. The minimum atomic E-state index is -4.65. The third kappa shape index (κ3) is 6.46. The van der Waals surface area contributed by atoms with Gasteiger partial charge in [0.1, 0.15) is 11.5 Å². The van der Waals surface area contributed by atoms with Gasteiger partial charge >= 0.3 is 6.18 Å². The molecule has 0 fully saturated rings. The number of alkyl halides is 3. The van der Waals surface area contributed by atoms with Gasteiger partial charge in [0, 0.05) is 12.6 Å². The lowest BCUT2D eigenvalue weighted by Gasteiger charge is -2.25. The zero-order valence-corrected chi connectivity index (χ0v) is 18.1. The predicted octanol–water partition coefficient (Wildman–Crippen LogP) is 5.28. The summed E-state index contributed by atoms with van der Waals surface area (Å²) >= 11 is 12.1. The number of carbonyl (C=O) groups is 1. The molecule has 0 aliphatic rings. The highest BCUT2D eigenvalue weighted by Gasteiger charge is 2.33. The maximum atomic E-state index is 14.3. The Kier molecular flexibility index (Phi) is 8.53. The Labute approximate surface area is 186 Å². The van der Waals surface area contributed by atoms with Gasteiger partial charge in [-0.15, -0.1) is 0 Å². The van der Waals surface area contributed by atoms with E-state index in [1.165, 1.54) is 19.2 Å². The Morgan fingerprint density at radius 3 is 2.35 bits per heavy atom. The smallest absolute Gasteiger partial charge is 0.396 e. The molecule has 0 radical (unpaired) electrons. The summed E-state index contributed by atoms with van der Waals surface area (Å²) in [6, 6.07) is 4.81. The van der Waals surface area contributed by atoms with Gasteiger partial charge < -0.3 is 10.4 Å². The number of nitrogens with zero attached hydrogens (tertiary/aromatic N) is 1. The molecule has 11 heteroatoms. The van der Waals surface area contributed by atoms with Crippen LogP contribution in [0, 0.1) is 5.82 Å². The third-order valence-corrected chi connectivity index (χ3v) is 4.89. The molecule has 2 N–H and O–H groups in total. The summed E-state index contributed by atoms with van der Waals surface area (Å²) in [7, 11) is 1.23. The number of benzene rings is 2. The average Bonchev–Trinajstić information content (AvgIpc) is 2.65. The van der Waals surface area contributed by atoms with Crippen LogP contribution < -0.4 is 10.4 Å². The van der Waals surface area contributed by atoms with Gasteiger partial charge in [0.25, 0.3) is 0 Å². The number of amides is 1. The molecule has 5 nitrogen and oxygen atoms in total. The first-order chi connectivity index (χ1) is 14.5. The monoisotopic (exact) mass is 482 g/mol. The van der Waals surface area contributed by atoms with Crippen molar-refractivity contribution in [1.82, 2.24) is 5.32 Å². The number of aliphatic hydroxyl groups excluding tert-OH is 1. The van der Waals surface area contributed by atoms with Crippen molar-refractivity contribution < 1.29 is 32.3 Å². The molecule has 2 aromatic rings. The van der Waals surface area contributed by atoms with Gasteiger partial charge in [-0.05, 0) is 49.2 Å². The summed E-state index contributed by atoms with van der Waals surface area (Å²) in [6.07, 6.45) is -4.61. The van der Waals surface area contributed by atoms with E-state index < -0.39 is 23.5 Å². The van der Waals surface area contributed by atoms with Crippen LogP contribution in [0.1, 0.15) is 24.5 Å². The summed E-state index contributed by atoms with van der Waals surface area (Å²) in [5.41, 5.74) is -0.890. The largest absolute Gasteiger partial charge is 0.416 e. The summed E-state index contributed by atoms with van der Waals surface area (Å²) < 4.78 is 53.2. The van der Waals surface area contributed by atoms with Crippen molar-refractivity contribution >= 4 is 40.5 Å². The van der Waals surface area contributed by atoms with E-state index in [2.05, 4.69) is 5.32 Å². The number of halogens is 6. The topological polar surface area (TPSA) is 61.8 Å². The van der Waals surface area contributed by atoms with Crippen LogP contribution in [-0.4, -0.2) is 30.8 Å². The Hall–Kier alpha value is -2.07. The molecule has 0 aromatic heterocycles. The second-order valence-corrected chi connectivity index (χ2v) is 7.51. The van der Waals surface area contributed by atoms with Crippen molar-refractivity contribution in [3.05, 3.63) is 57.3 Å². The molecule has 0 heterocycles. The maximum Gasteiger partial charge on any atom is 0.416 e. The van der Waals surface area contributed by atoms with Gasteiger partial charge in [0.05, 0.1) is 34.8 Å². The normalized spacial score (nSPS) is 12.5. The highest BCUT2D eigenvalue weighted by atomic mass is 35.5. The fourth-order valence-electron chi connectivity index (χ4n) is 2.84. The van der Waals surface area contributed by atoms with Crippen LogP contribution in [0.4, 0.5) is 28.9 Å². The lowest BCUT2D eigenvalue weighted by molar-refractivity contribution is -0.137. The number of hydrogen-bond donors (Lipinski definition) is 2. The van der Waals surface area contributed by atoms with Crippen LogP contribution in [0.25, 0.3) is 0 Å². The number of rotatable bonds is 8. The molecule has 170 valence electrons. The van der Waals surface area contributed by atoms with Crippen LogP contribution in [-0.2, 0) is 22.2 Å². The summed E-state index contributed by atoms with van der Waals surface area (Å²) in [5.74, 6) is -1.12. The molecule has 1 atom stereocenters. The van der Waals surface area contributed by atoms with Crippen molar-refractivity contribution in [1.29, 1.82) is 0 Å². The summed E-state index contributed by atoms with van der Waals surface area (Å²) in [4.78, 5) is 17.4. The lowest BCUT2D eigenvalue weighted by atomic mass is 10.1. The van der Waals surface area contributed by atoms with Crippen molar-refractivity contribution in [2.45, 2.75) is 32.0 Å². The van der Waals surface area contributed by atoms with Crippen molar-refractivity contribution in [2.24, 2.45) is 0 Å². The molecule has 0 aliphatic carbocycles. The molecule has 2 aromatic carbocycles. The van der Waals surface area contributed by atoms with E-state index in [0.29, 0.717) is 18.6 Å². The fraction of sp³-hybridized carbons (Fsp3) is 0.350. The van der Waals surface area contributed by atoms with Crippen molar-refractivity contribution in [3.8, 4) is 0 Å². The van der Waals surface area contributed by atoms with E-state index in [1.807, 2.05) is 0 Å². The molecule has 2 rings (SSSR count). The Balaban J connectivity index is 2.37. The van der Waals surface area contributed by atoms with Crippen molar-refractivity contribution in [3.63, 3.8) is 0 Å². The molecule has 0 aliphatic heterocycles. The first kappa shape index (κ1) is 25.2. The zero-order chi connectivity index (χ0) is 23.3. The molecular weight excluding hydrogens is 463 g/mol. The van der Waals surface area contributed by atoms with Gasteiger partial charge in [0.2, 0.25) is 5.91 Å². The fourth-order valence-corrected chi connectivity index (χ4v) is 3.48. The van der Waals surface area contributed by atoms with Crippen LogP contribution in [0.15, 0.2) is 30.3 Å². The Bertz CT molecular complexity index is 918. The summed E-state index contributed by atoms with van der Waals surface area (Å²) in [5, 5.41) is 11.9. The van der Waals surface area contributed by atoms with E-state index in [9.17, 15) is 22.4 Å². The van der Waals surface area contributed by atoms with Crippen LogP contribution in [0.3, 0.4) is 0 Å². The first-order valence-electron chi connectivity index (χ1n) is 9.07. The van der Waals surface area contributed by atoms with Crippen molar-refractivity contribution in [2.75, 3.05) is 18.8 Å². The highest BCUT2D eigenvalue weighted by Crippen LogP contribution is 2.42. The number of nitrogens with one attached hydrogen (secondary N) is 1. The number of carbonyl (C=O) groups excluding carboxylic acids is 1. The maximum absolute atomic E-state index is 14.3. The van der Waals surface area contributed by atoms with E-state index >= 15 is 0 Å². The number of aliphatic hydroxyl groups is 1. The van der Waals surface area contributed by atoms with Gasteiger partial charge in [-0.2, -0.15) is 13.2 Å². The molecule has 0 saturated heterocycles. The Morgan fingerprint density at radius 1 is 1.23 bits per heavy atom. The number of hydrogen-bond acceptors (Lipinski definition) is 4. The van der Waals surface area contributed by atoms with E-state index in [4.69, 9.17) is 33.1 Å². The standard InChI is InChI=1S/C20H20Cl2F4N2O3/c1-11(5-6-29)27-18(30)8-12-7-14(3-4-17(12)23)28(31-2)19-15(21)9-13(10-16(19)22)20(24,25)26/h3-4,7,9-11,29H,5-6,8H2,1-2H3,(H,27,30). The van der Waals surface area contributed by atoms with Gasteiger partial charge in [-0.3, -0.25) is 9.63 Å². The van der Waals surface area contributed by atoms with Gasteiger partial charge in [0.15, 0.2) is 0 Å². The third-order valence-electron chi connectivity index (χ3n) is 4.31. The van der Waals surface area contributed by atoms with Gasteiger partial charge in [-0.1, -0.05) is 23.2 Å². The minimum absolute atomic E-state index is 0.0207. The van der Waals surface area contributed by atoms with Crippen LogP contribution in [0.2, 0.25) is 10.0 Å². The molecule has 0 spiro atoms. The quantitative estimate of drug-likeness (QED) is 0.396. The first-order valence-corrected chi connectivity index (χ1v) is 9.82. The molecule has 31 heavy (non-hydrogen) atoms. The van der Waals surface area contributed by atoms with E-state index in [0.717, 1.165) is 11.1 Å². The molecule has 0 bridgehead atoms. The van der Waals surface area contributed by atoms with E-state index in [1.54, 1.807) is 6.92 Å². The second kappa shape index (κ2) is 10.5. The van der Waals surface area contributed by atoms with Crippen LogP contribution in [0.5, 0.6) is 0 Å². The molecule has 1 unspecified atom stereocenters. The molecule has 0 saturated carbocycles. The highest BCUT2D eigenvalue weighted by molar-refractivity contribution is 6.39. The SMILES string of the molecule is CON(c1ccc(F)c(CC(=O)NC(C)CCO)c1)c1c(Cl)cc(C(F)(F)F)cc1Cl. The van der Waals surface area contributed by atoms with E-state index in [-0.39, 0.29) is 46.1 Å². The average molecular weight is 483 g/mol. The predicted molar refractivity (Wildman–Crippen MR) is 110 cm³/mol. The van der Waals surface area contributed by atoms with Crippen LogP contribution >= 0.6 is 23.2 Å². The zero-order valence-electron chi connectivity index (χ0n) is 16.6. The minimum Gasteiger partial charge on any atom is -0.396 e. The Morgan fingerprint density at radius 2 is 1.84 bits per heavy atom. The number of anilines is 2. The van der Waals surface area contributed by atoms with Gasteiger partial charge in [-0.25, -0.2) is 9.45 Å². The molecule has 1 amide bonds. The summed E-state index contributed by atoms with van der Waals surface area (Å²) in [6.45, 7) is 1.59. The molecular formula is C20H20Cl2F4N2O3.